The summed E-state index contributed by atoms with van der Waals surface area (Å²) in [5.74, 6) is 0.601. The average Bonchev–Trinajstić information content (AvgIpc) is 3.31. The normalized spacial score (nSPS) is 16.7. The van der Waals surface area contributed by atoms with E-state index in [4.69, 9.17) is 0 Å². The van der Waals surface area contributed by atoms with Crippen LogP contribution in [-0.2, 0) is 4.79 Å². The molecule has 3 rings (SSSR count). The SMILES string of the molecule is C[C@H](c1nnc(S[C@H](C)C(=O)N2CCCC2)n1-c1ccc(F)cc1)N(C)C. The van der Waals surface area contributed by atoms with Gasteiger partial charge in [0.25, 0.3) is 0 Å². The summed E-state index contributed by atoms with van der Waals surface area (Å²) in [6.45, 7) is 5.61. The van der Waals surface area contributed by atoms with Crippen LogP contribution in [-0.4, -0.2) is 62.9 Å². The molecule has 1 aromatic carbocycles. The van der Waals surface area contributed by atoms with Gasteiger partial charge in [-0.2, -0.15) is 0 Å². The molecule has 0 saturated carbocycles. The molecule has 2 heterocycles. The second-order valence-corrected chi connectivity index (χ2v) is 8.39. The Hall–Kier alpha value is -1.93. The number of amides is 1. The lowest BCUT2D eigenvalue weighted by Gasteiger charge is -2.22. The van der Waals surface area contributed by atoms with E-state index >= 15 is 0 Å². The number of rotatable bonds is 6. The number of carbonyl (C=O) groups excluding carboxylic acids is 1. The van der Waals surface area contributed by atoms with E-state index in [0.717, 1.165) is 37.4 Å². The first kappa shape index (κ1) is 19.8. The van der Waals surface area contributed by atoms with Crippen LogP contribution in [0, 0.1) is 5.82 Å². The third-order valence-corrected chi connectivity index (χ3v) is 5.97. The van der Waals surface area contributed by atoms with E-state index in [1.807, 2.05) is 42.3 Å². The maximum Gasteiger partial charge on any atom is 0.235 e. The molecule has 27 heavy (non-hydrogen) atoms. The molecular formula is C19H26FN5OS. The lowest BCUT2D eigenvalue weighted by Crippen LogP contribution is -2.34. The summed E-state index contributed by atoms with van der Waals surface area (Å²) < 4.78 is 15.3. The van der Waals surface area contributed by atoms with Crippen molar-refractivity contribution in [3.05, 3.63) is 35.9 Å². The summed E-state index contributed by atoms with van der Waals surface area (Å²) in [4.78, 5) is 16.6. The van der Waals surface area contributed by atoms with Gasteiger partial charge in [0, 0.05) is 18.8 Å². The minimum Gasteiger partial charge on any atom is -0.342 e. The zero-order valence-electron chi connectivity index (χ0n) is 16.2. The van der Waals surface area contributed by atoms with Crippen molar-refractivity contribution in [3.63, 3.8) is 0 Å². The standard InChI is InChI=1S/C19H26FN5OS/c1-13(23(3)4)17-21-22-19(25(17)16-9-7-15(20)8-10-16)27-14(2)18(26)24-11-5-6-12-24/h7-10,13-14H,5-6,11-12H2,1-4H3/t13-,14-/m1/s1. The molecule has 0 aliphatic carbocycles. The van der Waals surface area contributed by atoms with E-state index < -0.39 is 0 Å². The quantitative estimate of drug-likeness (QED) is 0.708. The largest absolute Gasteiger partial charge is 0.342 e. The number of thioether (sulfide) groups is 1. The third kappa shape index (κ3) is 4.32. The molecule has 2 aromatic rings. The second kappa shape index (κ2) is 8.39. The topological polar surface area (TPSA) is 54.3 Å². The lowest BCUT2D eigenvalue weighted by atomic mass is 10.2. The fraction of sp³-hybridized carbons (Fsp3) is 0.526. The monoisotopic (exact) mass is 391 g/mol. The highest BCUT2D eigenvalue weighted by molar-refractivity contribution is 8.00. The number of aromatic nitrogens is 3. The molecule has 146 valence electrons. The highest BCUT2D eigenvalue weighted by Crippen LogP contribution is 2.30. The Morgan fingerprint density at radius 1 is 1.15 bits per heavy atom. The number of hydrogen-bond acceptors (Lipinski definition) is 5. The van der Waals surface area contributed by atoms with Crippen molar-refractivity contribution in [2.24, 2.45) is 0 Å². The minimum absolute atomic E-state index is 0.0153. The van der Waals surface area contributed by atoms with Gasteiger partial charge in [-0.25, -0.2) is 4.39 Å². The van der Waals surface area contributed by atoms with Gasteiger partial charge in [0.05, 0.1) is 11.3 Å². The molecule has 1 amide bonds. The Morgan fingerprint density at radius 2 is 1.78 bits per heavy atom. The van der Waals surface area contributed by atoms with E-state index in [2.05, 4.69) is 10.2 Å². The minimum atomic E-state index is -0.291. The molecule has 1 aromatic heterocycles. The van der Waals surface area contributed by atoms with E-state index in [1.165, 1.54) is 23.9 Å². The highest BCUT2D eigenvalue weighted by atomic mass is 32.2. The van der Waals surface area contributed by atoms with Crippen molar-refractivity contribution in [2.75, 3.05) is 27.2 Å². The van der Waals surface area contributed by atoms with Crippen molar-refractivity contribution < 1.29 is 9.18 Å². The Bertz CT molecular complexity index is 786. The summed E-state index contributed by atoms with van der Waals surface area (Å²) in [6, 6.07) is 6.28. The number of hydrogen-bond donors (Lipinski definition) is 0. The van der Waals surface area contributed by atoms with Gasteiger partial charge in [-0.15, -0.1) is 10.2 Å². The van der Waals surface area contributed by atoms with Gasteiger partial charge in [-0.1, -0.05) is 11.8 Å². The maximum absolute atomic E-state index is 13.4. The Labute approximate surface area is 163 Å². The van der Waals surface area contributed by atoms with E-state index in [-0.39, 0.29) is 23.0 Å². The fourth-order valence-electron chi connectivity index (χ4n) is 3.10. The fourth-order valence-corrected chi connectivity index (χ4v) is 4.05. The molecule has 0 spiro atoms. The Morgan fingerprint density at radius 3 is 2.37 bits per heavy atom. The van der Waals surface area contributed by atoms with Crippen molar-refractivity contribution in [1.82, 2.24) is 24.6 Å². The molecule has 1 fully saturated rings. The first-order valence-corrected chi connectivity index (χ1v) is 10.1. The molecule has 1 saturated heterocycles. The lowest BCUT2D eigenvalue weighted by molar-refractivity contribution is -0.129. The van der Waals surface area contributed by atoms with Crippen LogP contribution in [0.3, 0.4) is 0 Å². The molecule has 1 aliphatic heterocycles. The summed E-state index contributed by atoms with van der Waals surface area (Å²) in [7, 11) is 3.95. The predicted molar refractivity (Wildman–Crippen MR) is 105 cm³/mol. The van der Waals surface area contributed by atoms with Crippen LogP contribution in [0.25, 0.3) is 5.69 Å². The smallest absolute Gasteiger partial charge is 0.235 e. The average molecular weight is 392 g/mol. The van der Waals surface area contributed by atoms with Crippen molar-refractivity contribution in [2.45, 2.75) is 43.1 Å². The van der Waals surface area contributed by atoms with Crippen LogP contribution >= 0.6 is 11.8 Å². The second-order valence-electron chi connectivity index (χ2n) is 7.08. The predicted octanol–water partition coefficient (Wildman–Crippen LogP) is 3.13. The van der Waals surface area contributed by atoms with Crippen molar-refractivity contribution in [1.29, 1.82) is 0 Å². The maximum atomic E-state index is 13.4. The van der Waals surface area contributed by atoms with Crippen LogP contribution < -0.4 is 0 Å². The zero-order chi connectivity index (χ0) is 19.6. The van der Waals surface area contributed by atoms with E-state index in [9.17, 15) is 9.18 Å². The summed E-state index contributed by atoms with van der Waals surface area (Å²) in [6.07, 6.45) is 2.14. The van der Waals surface area contributed by atoms with Crippen LogP contribution in [0.4, 0.5) is 4.39 Å². The first-order valence-electron chi connectivity index (χ1n) is 9.21. The van der Waals surface area contributed by atoms with Gasteiger partial charge < -0.3 is 4.90 Å². The molecular weight excluding hydrogens is 365 g/mol. The van der Waals surface area contributed by atoms with E-state index in [0.29, 0.717) is 5.16 Å². The number of nitrogens with zero attached hydrogens (tertiary/aromatic N) is 5. The first-order chi connectivity index (χ1) is 12.9. The van der Waals surface area contributed by atoms with Gasteiger partial charge in [-0.05, 0) is 65.0 Å². The van der Waals surface area contributed by atoms with Gasteiger partial charge in [0.2, 0.25) is 5.91 Å². The Balaban J connectivity index is 1.92. The van der Waals surface area contributed by atoms with Crippen LogP contribution in [0.5, 0.6) is 0 Å². The van der Waals surface area contributed by atoms with Crippen LogP contribution in [0.2, 0.25) is 0 Å². The van der Waals surface area contributed by atoms with Crippen LogP contribution in [0.15, 0.2) is 29.4 Å². The van der Waals surface area contributed by atoms with Gasteiger partial charge in [-0.3, -0.25) is 14.3 Å². The molecule has 0 bridgehead atoms. The third-order valence-electron chi connectivity index (χ3n) is 4.94. The molecule has 0 N–H and O–H groups in total. The zero-order valence-corrected chi connectivity index (χ0v) is 17.0. The van der Waals surface area contributed by atoms with Crippen molar-refractivity contribution in [3.8, 4) is 5.69 Å². The molecule has 6 nitrogen and oxygen atoms in total. The summed E-state index contributed by atoms with van der Waals surface area (Å²) in [5, 5.41) is 9.12. The molecule has 8 heteroatoms. The molecule has 0 radical (unpaired) electrons. The highest BCUT2D eigenvalue weighted by Gasteiger charge is 2.27. The number of carbonyl (C=O) groups is 1. The molecule has 0 unspecified atom stereocenters. The number of likely N-dealkylation sites (tertiary alicyclic amines) is 1. The van der Waals surface area contributed by atoms with E-state index in [1.54, 1.807) is 12.1 Å². The van der Waals surface area contributed by atoms with Gasteiger partial charge >= 0.3 is 0 Å². The molecule has 1 aliphatic rings. The van der Waals surface area contributed by atoms with Gasteiger partial charge in [0.1, 0.15) is 5.82 Å². The van der Waals surface area contributed by atoms with Gasteiger partial charge in [0.15, 0.2) is 11.0 Å². The molecule has 2 atom stereocenters. The number of benzene rings is 1. The van der Waals surface area contributed by atoms with Crippen LogP contribution in [0.1, 0.15) is 38.6 Å². The van der Waals surface area contributed by atoms with Crippen molar-refractivity contribution >= 4 is 17.7 Å². The Kier molecular flexibility index (Phi) is 6.16. The number of halogens is 1. The summed E-state index contributed by atoms with van der Waals surface area (Å²) >= 11 is 1.40. The summed E-state index contributed by atoms with van der Waals surface area (Å²) in [5.41, 5.74) is 0.786.